The first-order chi connectivity index (χ1) is 16.7. The summed E-state index contributed by atoms with van der Waals surface area (Å²) in [6.07, 6.45) is 0. The third-order valence-electron chi connectivity index (χ3n) is 6.07. The van der Waals surface area contributed by atoms with Gasteiger partial charge >= 0.3 is 0 Å². The molecule has 2 heterocycles. The van der Waals surface area contributed by atoms with Gasteiger partial charge in [-0.25, -0.2) is 9.97 Å². The molecule has 0 aliphatic carbocycles. The second-order valence-electron chi connectivity index (χ2n) is 8.19. The molecule has 2 aromatic heterocycles. The third kappa shape index (κ3) is 4.07. The van der Waals surface area contributed by atoms with E-state index in [1.165, 1.54) is 0 Å². The van der Waals surface area contributed by atoms with E-state index in [1.54, 1.807) is 24.3 Å². The fraction of sp³-hybridized carbons (Fsp3) is 0. The fourth-order valence-corrected chi connectivity index (χ4v) is 4.41. The second kappa shape index (κ2) is 9.32. The fourth-order valence-electron chi connectivity index (χ4n) is 4.41. The number of aromatic hydroxyl groups is 2. The molecule has 0 aliphatic rings. The first-order valence-electron chi connectivity index (χ1n) is 11.1. The number of pyridine rings is 2. The summed E-state index contributed by atoms with van der Waals surface area (Å²) in [5.74, 6) is 0.356. The summed E-state index contributed by atoms with van der Waals surface area (Å²) in [6, 6.07) is 34.5. The summed E-state index contributed by atoms with van der Waals surface area (Å²) < 4.78 is 0. The van der Waals surface area contributed by atoms with E-state index in [4.69, 9.17) is 9.97 Å². The van der Waals surface area contributed by atoms with Gasteiger partial charge in [-0.05, 0) is 47.2 Å². The van der Waals surface area contributed by atoms with E-state index < -0.39 is 0 Å². The number of phenols is 2. The van der Waals surface area contributed by atoms with Crippen LogP contribution in [-0.2, 0) is 21.1 Å². The molecule has 0 saturated heterocycles. The van der Waals surface area contributed by atoms with E-state index in [0.29, 0.717) is 22.5 Å². The van der Waals surface area contributed by atoms with Gasteiger partial charge in [0.1, 0.15) is 11.5 Å². The van der Waals surface area contributed by atoms with E-state index in [-0.39, 0.29) is 32.6 Å². The quantitative estimate of drug-likeness (QED) is 0.216. The number of phenolic OH excluding ortho intramolecular Hbond substituents is 2. The zero-order valence-electron chi connectivity index (χ0n) is 18.5. The number of rotatable bonds is 3. The van der Waals surface area contributed by atoms with Crippen molar-refractivity contribution in [2.45, 2.75) is 0 Å². The van der Waals surface area contributed by atoms with Gasteiger partial charge in [-0.1, -0.05) is 72.8 Å². The van der Waals surface area contributed by atoms with E-state index in [9.17, 15) is 10.2 Å². The van der Waals surface area contributed by atoms with Gasteiger partial charge in [0.2, 0.25) is 0 Å². The van der Waals surface area contributed by atoms with Crippen LogP contribution in [0.4, 0.5) is 0 Å². The first kappa shape index (κ1) is 22.8. The number of benzene rings is 4. The molecule has 6 aromatic rings. The summed E-state index contributed by atoms with van der Waals surface area (Å²) in [4.78, 5) is 10.0. The van der Waals surface area contributed by atoms with Crippen LogP contribution in [0.5, 0.6) is 11.5 Å². The molecule has 0 fully saturated rings. The summed E-state index contributed by atoms with van der Waals surface area (Å²) in [6.45, 7) is 0. The Hall–Kier alpha value is -4.01. The molecule has 0 saturated carbocycles. The second-order valence-corrected chi connectivity index (χ2v) is 8.19. The number of para-hydroxylation sites is 2. The molecule has 0 atom stereocenters. The topological polar surface area (TPSA) is 66.2 Å². The van der Waals surface area contributed by atoms with E-state index in [2.05, 4.69) is 0 Å². The standard InChI is InChI=1S/C30H20N2O2.Pt/c33-27-15-7-5-13-23(27)25-17-19-9-1-3-11-21(19)29(31-25)30-22-12-4-2-10-20(22)18-26(32-30)24-14-6-8-16-28(24)34;/h1-18,33-34H;. The zero-order valence-corrected chi connectivity index (χ0v) is 20.8. The molecule has 0 bridgehead atoms. The minimum Gasteiger partial charge on any atom is -0.507 e. The number of nitrogens with zero attached hydrogens (tertiary/aromatic N) is 2. The van der Waals surface area contributed by atoms with Gasteiger partial charge in [0.15, 0.2) is 0 Å². The maximum atomic E-state index is 10.5. The Kier molecular flexibility index (Phi) is 6.06. The third-order valence-corrected chi connectivity index (χ3v) is 6.07. The molecule has 0 aliphatic heterocycles. The van der Waals surface area contributed by atoms with Crippen molar-refractivity contribution in [3.63, 3.8) is 0 Å². The smallest absolute Gasteiger partial charge is 0.124 e. The van der Waals surface area contributed by atoms with Gasteiger partial charge in [-0.3, -0.25) is 0 Å². The predicted octanol–water partition coefficient (Wildman–Crippen LogP) is 7.19. The Balaban J connectivity index is 0.00000253. The molecule has 4 nitrogen and oxygen atoms in total. The van der Waals surface area contributed by atoms with Crippen LogP contribution in [0.15, 0.2) is 109 Å². The van der Waals surface area contributed by atoms with E-state index in [1.807, 2.05) is 84.9 Å². The molecule has 5 heteroatoms. The predicted molar refractivity (Wildman–Crippen MR) is 137 cm³/mol. The molecule has 6 rings (SSSR count). The maximum absolute atomic E-state index is 10.5. The van der Waals surface area contributed by atoms with Crippen LogP contribution in [0, 0.1) is 0 Å². The molecule has 0 spiro atoms. The summed E-state index contributed by atoms with van der Waals surface area (Å²) in [7, 11) is 0. The monoisotopic (exact) mass is 635 g/mol. The van der Waals surface area contributed by atoms with Crippen LogP contribution in [0.2, 0.25) is 0 Å². The van der Waals surface area contributed by atoms with Crippen molar-refractivity contribution >= 4 is 21.5 Å². The van der Waals surface area contributed by atoms with Crippen molar-refractivity contribution in [1.82, 2.24) is 9.97 Å². The van der Waals surface area contributed by atoms with Crippen molar-refractivity contribution in [2.24, 2.45) is 0 Å². The molecular formula is C30H20N2O2Pt. The van der Waals surface area contributed by atoms with Crippen molar-refractivity contribution in [1.29, 1.82) is 0 Å². The van der Waals surface area contributed by atoms with Gasteiger partial charge < -0.3 is 10.2 Å². The van der Waals surface area contributed by atoms with Crippen molar-refractivity contribution in [2.75, 3.05) is 0 Å². The van der Waals surface area contributed by atoms with Crippen LogP contribution in [0.25, 0.3) is 55.4 Å². The van der Waals surface area contributed by atoms with Crippen LogP contribution in [0.1, 0.15) is 0 Å². The number of hydrogen-bond donors (Lipinski definition) is 2. The number of aromatic nitrogens is 2. The van der Waals surface area contributed by atoms with Crippen molar-refractivity contribution in [3.8, 4) is 45.4 Å². The molecule has 4 aromatic carbocycles. The molecular weight excluding hydrogens is 615 g/mol. The summed E-state index contributed by atoms with van der Waals surface area (Å²) in [5.41, 5.74) is 4.12. The largest absolute Gasteiger partial charge is 0.507 e. The average molecular weight is 636 g/mol. The Morgan fingerprint density at radius 2 is 0.829 bits per heavy atom. The SMILES string of the molecule is Oc1ccccc1-c1cc2ccccc2c(-c2nc(-c3ccccc3O)cc3ccccc23)n1.[Pt]. The van der Waals surface area contributed by atoms with E-state index in [0.717, 1.165) is 32.9 Å². The van der Waals surface area contributed by atoms with Crippen LogP contribution in [-0.4, -0.2) is 20.2 Å². The minimum atomic E-state index is 0. The van der Waals surface area contributed by atoms with Gasteiger partial charge in [0.25, 0.3) is 0 Å². The first-order valence-corrected chi connectivity index (χ1v) is 11.1. The Labute approximate surface area is 216 Å². The summed E-state index contributed by atoms with van der Waals surface area (Å²) >= 11 is 0. The van der Waals surface area contributed by atoms with Gasteiger partial charge in [0.05, 0.1) is 22.8 Å². The Bertz CT molecular complexity index is 1570. The summed E-state index contributed by atoms with van der Waals surface area (Å²) in [5, 5.41) is 25.0. The normalized spacial score (nSPS) is 10.9. The van der Waals surface area contributed by atoms with Crippen LogP contribution < -0.4 is 0 Å². The van der Waals surface area contributed by atoms with Crippen LogP contribution in [0.3, 0.4) is 0 Å². The van der Waals surface area contributed by atoms with Gasteiger partial charge in [0, 0.05) is 43.0 Å². The Morgan fingerprint density at radius 1 is 0.457 bits per heavy atom. The van der Waals surface area contributed by atoms with Crippen molar-refractivity contribution < 1.29 is 31.3 Å². The van der Waals surface area contributed by atoms with Crippen LogP contribution >= 0.6 is 0 Å². The number of fused-ring (bicyclic) bond motifs is 2. The van der Waals surface area contributed by atoms with Gasteiger partial charge in [-0.15, -0.1) is 0 Å². The average Bonchev–Trinajstić information content (AvgIpc) is 2.88. The molecule has 35 heavy (non-hydrogen) atoms. The molecule has 0 radical (unpaired) electrons. The van der Waals surface area contributed by atoms with Gasteiger partial charge in [-0.2, -0.15) is 0 Å². The Morgan fingerprint density at radius 3 is 1.26 bits per heavy atom. The van der Waals surface area contributed by atoms with Crippen molar-refractivity contribution in [3.05, 3.63) is 109 Å². The molecule has 2 N–H and O–H groups in total. The number of hydrogen-bond acceptors (Lipinski definition) is 4. The molecule has 172 valence electrons. The van der Waals surface area contributed by atoms with E-state index >= 15 is 0 Å². The zero-order chi connectivity index (χ0) is 23.1. The minimum absolute atomic E-state index is 0. The molecule has 0 unspecified atom stereocenters. The molecule has 0 amide bonds. The maximum Gasteiger partial charge on any atom is 0.124 e.